The number of hydrogen-bond donors (Lipinski definition) is 0. The fraction of sp³-hybridized carbons (Fsp3) is 0.750. The van der Waals surface area contributed by atoms with Gasteiger partial charge in [0.05, 0.1) is 0 Å². The largest absolute Gasteiger partial charge is 2.00 e. The molecule has 0 radical (unpaired) electrons. The Balaban J connectivity index is -0.00000000750. The molecule has 0 aromatic rings. The van der Waals surface area contributed by atoms with Crippen LogP contribution in [0.25, 0.3) is 0 Å². The van der Waals surface area contributed by atoms with E-state index in [1.54, 1.807) is 0 Å². The minimum Gasteiger partial charge on any atom is -1.00 e. The molecule has 0 fully saturated rings. The number of unbranched alkanes of at least 4 members (excludes halogenated alkanes) is 1. The third kappa shape index (κ3) is 18.3. The Kier molecular flexibility index (Phi) is 42.2. The van der Waals surface area contributed by atoms with Gasteiger partial charge >= 0.3 is 41.9 Å². The van der Waals surface area contributed by atoms with Crippen LogP contribution in [-0.2, 0) is 0 Å². The van der Waals surface area contributed by atoms with Crippen molar-refractivity contribution in [2.24, 2.45) is 0 Å². The second kappa shape index (κ2) is 16.2. The third-order valence-corrected chi connectivity index (χ3v) is 0.354. The van der Waals surface area contributed by atoms with Gasteiger partial charge in [-0.05, 0) is 0 Å². The van der Waals surface area contributed by atoms with Gasteiger partial charge in [-0.25, -0.2) is 0 Å². The Morgan fingerprint density at radius 2 is 1.83 bits per heavy atom. The van der Waals surface area contributed by atoms with Gasteiger partial charge < -0.3 is 9.78 Å². The molecule has 30 valence electrons. The molecule has 0 heterocycles. The van der Waals surface area contributed by atoms with E-state index in [4.69, 9.17) is 0 Å². The van der Waals surface area contributed by atoms with Gasteiger partial charge in [-0.3, -0.25) is 0 Å². The van der Waals surface area contributed by atoms with Crippen LogP contribution < -0.4 is 18.9 Å². The van der Waals surface area contributed by atoms with E-state index in [0.29, 0.717) is 0 Å². The Hall–Kier alpha value is 1.36. The van der Waals surface area contributed by atoms with Crippen LogP contribution in [0.15, 0.2) is 0 Å². The first-order chi connectivity index (χ1) is 1.91. The van der Waals surface area contributed by atoms with E-state index in [0.717, 1.165) is 6.42 Å². The van der Waals surface area contributed by atoms with Crippen molar-refractivity contribution in [2.45, 2.75) is 19.8 Å². The van der Waals surface area contributed by atoms with Gasteiger partial charge in [0.1, 0.15) is 0 Å². The van der Waals surface area contributed by atoms with Crippen LogP contribution in [0.5, 0.6) is 0 Å². The van der Waals surface area contributed by atoms with Crippen LogP contribution in [0.4, 0.5) is 0 Å². The second-order valence-corrected chi connectivity index (χ2v) is 0.854. The monoisotopic (exact) mass is 90.1 g/mol. The Morgan fingerprint density at radius 3 is 1.83 bits per heavy atom. The summed E-state index contributed by atoms with van der Waals surface area (Å²) in [6.07, 6.45) is 2.28. The molecule has 0 amide bonds. The van der Waals surface area contributed by atoms with Gasteiger partial charge in [-0.2, -0.15) is 6.42 Å². The van der Waals surface area contributed by atoms with Gasteiger partial charge in [0.15, 0.2) is 0 Å². The summed E-state index contributed by atoms with van der Waals surface area (Å²) in [6.45, 7) is 5.72. The van der Waals surface area contributed by atoms with E-state index in [9.17, 15) is 0 Å². The summed E-state index contributed by atoms with van der Waals surface area (Å²) in [7, 11) is 0. The first-order valence-electron chi connectivity index (χ1n) is 1.71. The van der Waals surface area contributed by atoms with Crippen LogP contribution in [0.2, 0.25) is 0 Å². The standard InChI is InChI=1S/C4H9.Li.Mg.2H/c1-3-4-2;;;;/h1,3-4H2,2H3;;;;/q-1;+1;+2;2*-1. The fourth-order valence-corrected chi connectivity index (χ4v) is 0. The van der Waals surface area contributed by atoms with Gasteiger partial charge in [0, 0.05) is 0 Å². The van der Waals surface area contributed by atoms with Crippen LogP contribution in [0.1, 0.15) is 22.6 Å². The van der Waals surface area contributed by atoms with Gasteiger partial charge in [0.2, 0.25) is 0 Å². The van der Waals surface area contributed by atoms with Crippen molar-refractivity contribution < 1.29 is 21.7 Å². The average Bonchev–Trinajstić information content (AvgIpc) is 1.37. The molecule has 0 unspecified atom stereocenters. The predicted molar refractivity (Wildman–Crippen MR) is 28.2 cm³/mol. The minimum absolute atomic E-state index is 0. The summed E-state index contributed by atoms with van der Waals surface area (Å²) in [6, 6.07) is 0. The molecule has 0 atom stereocenters. The molecule has 6 heavy (non-hydrogen) atoms. The molecule has 0 aliphatic rings. The van der Waals surface area contributed by atoms with E-state index < -0.39 is 0 Å². The number of hydrogen-bond acceptors (Lipinski definition) is 0. The smallest absolute Gasteiger partial charge is 1.00 e. The molecule has 0 nitrogen and oxygen atoms in total. The predicted octanol–water partition coefficient (Wildman–Crippen LogP) is -1.53. The SMILES string of the molecule is [CH2-]CCC.[H-].[H-].[Li+].[Mg+2]. The minimum atomic E-state index is 0. The van der Waals surface area contributed by atoms with E-state index >= 15 is 0 Å². The third-order valence-electron chi connectivity index (χ3n) is 0.354. The molecule has 0 N–H and O–H groups in total. The van der Waals surface area contributed by atoms with Crippen molar-refractivity contribution in [1.29, 1.82) is 0 Å². The Bertz CT molecular complexity index is 16.0. The van der Waals surface area contributed by atoms with E-state index in [1.165, 1.54) is 6.42 Å². The summed E-state index contributed by atoms with van der Waals surface area (Å²) in [5, 5.41) is 0. The molecule has 0 aliphatic heterocycles. The van der Waals surface area contributed by atoms with E-state index in [-0.39, 0.29) is 44.8 Å². The first-order valence-corrected chi connectivity index (χ1v) is 1.71. The van der Waals surface area contributed by atoms with Crippen LogP contribution in [-0.4, -0.2) is 23.1 Å². The zero-order chi connectivity index (χ0) is 3.41. The molecule has 0 bridgehead atoms. The molecule has 0 spiro atoms. The second-order valence-electron chi connectivity index (χ2n) is 0.854. The summed E-state index contributed by atoms with van der Waals surface area (Å²) in [5.41, 5.74) is 0. The molecule has 0 aromatic carbocycles. The summed E-state index contributed by atoms with van der Waals surface area (Å²) < 4.78 is 0. The zero-order valence-corrected chi connectivity index (χ0v) is 6.24. The molecule has 0 aromatic heterocycles. The van der Waals surface area contributed by atoms with E-state index in [2.05, 4.69) is 13.8 Å². The van der Waals surface area contributed by atoms with Gasteiger partial charge in [0.25, 0.3) is 0 Å². The van der Waals surface area contributed by atoms with E-state index in [1.807, 2.05) is 0 Å². The van der Waals surface area contributed by atoms with Crippen LogP contribution in [0.3, 0.4) is 0 Å². The summed E-state index contributed by atoms with van der Waals surface area (Å²) in [5.74, 6) is 0. The fourth-order valence-electron chi connectivity index (χ4n) is 0. The molecule has 0 rings (SSSR count). The maximum atomic E-state index is 3.60. The van der Waals surface area contributed by atoms with Crippen molar-refractivity contribution in [3.8, 4) is 0 Å². The maximum absolute atomic E-state index is 3.60. The first kappa shape index (κ1) is 15.7. The van der Waals surface area contributed by atoms with Gasteiger partial charge in [-0.1, -0.05) is 13.3 Å². The summed E-state index contributed by atoms with van der Waals surface area (Å²) >= 11 is 0. The average molecular weight is 90.4 g/mol. The topological polar surface area (TPSA) is 0 Å². The molecule has 2 heteroatoms. The van der Waals surface area contributed by atoms with Gasteiger partial charge in [-0.15, -0.1) is 0 Å². The maximum Gasteiger partial charge on any atom is 2.00 e. The molecule has 0 aliphatic carbocycles. The quantitative estimate of drug-likeness (QED) is 0.271. The molecule has 0 saturated heterocycles. The van der Waals surface area contributed by atoms with Crippen LogP contribution in [0, 0.1) is 6.92 Å². The number of rotatable bonds is 1. The van der Waals surface area contributed by atoms with Crippen LogP contribution >= 0.6 is 0 Å². The summed E-state index contributed by atoms with van der Waals surface area (Å²) in [4.78, 5) is 0. The Labute approximate surface area is 71.4 Å². The van der Waals surface area contributed by atoms with Crippen molar-refractivity contribution in [3.63, 3.8) is 0 Å². The molecular weight excluding hydrogens is 79.3 g/mol. The van der Waals surface area contributed by atoms with Crippen molar-refractivity contribution in [2.75, 3.05) is 0 Å². The molecule has 0 saturated carbocycles. The molecular formula is C4H11LiMg. The Morgan fingerprint density at radius 1 is 1.67 bits per heavy atom. The van der Waals surface area contributed by atoms with Crippen molar-refractivity contribution >= 4 is 23.1 Å². The normalized spacial score (nSPS) is 5.00. The van der Waals surface area contributed by atoms with Crippen molar-refractivity contribution in [3.05, 3.63) is 6.92 Å². The zero-order valence-electron chi connectivity index (χ0n) is 6.83. The van der Waals surface area contributed by atoms with Crippen molar-refractivity contribution in [1.82, 2.24) is 0 Å².